The number of rotatable bonds is 4. The van der Waals surface area contributed by atoms with E-state index in [2.05, 4.69) is 12.1 Å². The molecular weight excluding hydrogens is 320 g/mol. The molecular formula is C19H16N2O2S. The predicted molar refractivity (Wildman–Crippen MR) is 96.4 cm³/mol. The van der Waals surface area contributed by atoms with Crippen molar-refractivity contribution in [1.82, 2.24) is 9.38 Å². The highest BCUT2D eigenvalue weighted by molar-refractivity contribution is 7.20. The van der Waals surface area contributed by atoms with Crippen LogP contribution in [0.1, 0.15) is 5.69 Å². The molecule has 120 valence electrons. The van der Waals surface area contributed by atoms with Gasteiger partial charge in [-0.15, -0.1) is 0 Å². The SMILES string of the molecule is COc1ccc(-c2nc3sc(-c4ccccc4)cn3c2CO)cc1. The summed E-state index contributed by atoms with van der Waals surface area (Å²) in [5, 5.41) is 9.87. The molecule has 0 saturated carbocycles. The van der Waals surface area contributed by atoms with Gasteiger partial charge in [-0.05, 0) is 29.8 Å². The lowest BCUT2D eigenvalue weighted by Crippen LogP contribution is -1.92. The molecule has 0 bridgehead atoms. The van der Waals surface area contributed by atoms with Gasteiger partial charge in [0, 0.05) is 11.8 Å². The first-order valence-electron chi connectivity index (χ1n) is 7.61. The van der Waals surface area contributed by atoms with Gasteiger partial charge < -0.3 is 9.84 Å². The number of fused-ring (bicyclic) bond motifs is 1. The van der Waals surface area contributed by atoms with Crippen LogP contribution in [0, 0.1) is 0 Å². The fourth-order valence-electron chi connectivity index (χ4n) is 2.76. The number of aromatic nitrogens is 2. The van der Waals surface area contributed by atoms with E-state index in [-0.39, 0.29) is 6.61 Å². The Labute approximate surface area is 143 Å². The summed E-state index contributed by atoms with van der Waals surface area (Å²) in [5.41, 5.74) is 3.74. The van der Waals surface area contributed by atoms with E-state index >= 15 is 0 Å². The third kappa shape index (κ3) is 2.48. The van der Waals surface area contributed by atoms with Crippen LogP contribution in [-0.4, -0.2) is 21.6 Å². The molecule has 0 radical (unpaired) electrons. The molecule has 0 saturated heterocycles. The van der Waals surface area contributed by atoms with Gasteiger partial charge in [0.15, 0.2) is 4.96 Å². The van der Waals surface area contributed by atoms with E-state index in [4.69, 9.17) is 9.72 Å². The summed E-state index contributed by atoms with van der Waals surface area (Å²) in [6.45, 7) is -0.0620. The Kier molecular flexibility index (Phi) is 3.80. The third-order valence-corrected chi connectivity index (χ3v) is 5.03. The highest BCUT2D eigenvalue weighted by Crippen LogP contribution is 2.33. The Morgan fingerprint density at radius 1 is 1.04 bits per heavy atom. The summed E-state index contributed by atoms with van der Waals surface area (Å²) in [4.78, 5) is 6.75. The molecule has 4 rings (SSSR count). The zero-order valence-corrected chi connectivity index (χ0v) is 14.0. The second-order valence-corrected chi connectivity index (χ2v) is 6.42. The van der Waals surface area contributed by atoms with Crippen LogP contribution >= 0.6 is 11.3 Å². The monoisotopic (exact) mass is 336 g/mol. The van der Waals surface area contributed by atoms with E-state index in [1.165, 1.54) is 0 Å². The Morgan fingerprint density at radius 3 is 2.46 bits per heavy atom. The molecule has 0 unspecified atom stereocenters. The number of thiazole rings is 1. The van der Waals surface area contributed by atoms with Crippen molar-refractivity contribution in [1.29, 1.82) is 0 Å². The van der Waals surface area contributed by atoms with E-state index in [9.17, 15) is 5.11 Å². The first-order chi connectivity index (χ1) is 11.8. The maximum absolute atomic E-state index is 9.87. The van der Waals surface area contributed by atoms with Gasteiger partial charge in [-0.1, -0.05) is 41.7 Å². The molecule has 0 atom stereocenters. The molecule has 0 fully saturated rings. The highest BCUT2D eigenvalue weighted by atomic mass is 32.1. The molecule has 5 heteroatoms. The molecule has 0 aliphatic heterocycles. The van der Waals surface area contributed by atoms with Crippen molar-refractivity contribution in [2.75, 3.05) is 7.11 Å². The van der Waals surface area contributed by atoms with Gasteiger partial charge in [-0.25, -0.2) is 4.98 Å². The Morgan fingerprint density at radius 2 is 1.79 bits per heavy atom. The summed E-state index contributed by atoms with van der Waals surface area (Å²) in [7, 11) is 1.64. The van der Waals surface area contributed by atoms with Crippen molar-refractivity contribution in [3.63, 3.8) is 0 Å². The summed E-state index contributed by atoms with van der Waals surface area (Å²) < 4.78 is 7.18. The van der Waals surface area contributed by atoms with Crippen LogP contribution in [-0.2, 0) is 6.61 Å². The number of aliphatic hydroxyl groups excluding tert-OH is 1. The van der Waals surface area contributed by atoms with Crippen LogP contribution in [0.5, 0.6) is 5.75 Å². The fourth-order valence-corrected chi connectivity index (χ4v) is 3.76. The van der Waals surface area contributed by atoms with Crippen LogP contribution < -0.4 is 4.74 Å². The minimum Gasteiger partial charge on any atom is -0.497 e. The number of nitrogens with zero attached hydrogens (tertiary/aromatic N) is 2. The van der Waals surface area contributed by atoms with Gasteiger partial charge in [0.2, 0.25) is 0 Å². The molecule has 0 aliphatic carbocycles. The Bertz CT molecular complexity index is 972. The minimum atomic E-state index is -0.0620. The van der Waals surface area contributed by atoms with Gasteiger partial charge in [-0.3, -0.25) is 4.40 Å². The second kappa shape index (κ2) is 6.11. The van der Waals surface area contributed by atoms with E-state index in [1.54, 1.807) is 18.4 Å². The van der Waals surface area contributed by atoms with Crippen LogP contribution in [0.2, 0.25) is 0 Å². The molecule has 2 aromatic heterocycles. The van der Waals surface area contributed by atoms with Crippen LogP contribution in [0.25, 0.3) is 26.7 Å². The standard InChI is InChI=1S/C19H16N2O2S/c1-23-15-9-7-14(8-10-15)18-16(12-22)21-11-17(24-19(21)20-18)13-5-3-2-4-6-13/h2-11,22H,12H2,1H3. The van der Waals surface area contributed by atoms with Gasteiger partial charge in [0.25, 0.3) is 0 Å². The van der Waals surface area contributed by atoms with Gasteiger partial charge >= 0.3 is 0 Å². The zero-order chi connectivity index (χ0) is 16.5. The number of ether oxygens (including phenoxy) is 1. The summed E-state index contributed by atoms with van der Waals surface area (Å²) in [5.74, 6) is 0.802. The van der Waals surface area contributed by atoms with E-state index < -0.39 is 0 Å². The maximum Gasteiger partial charge on any atom is 0.195 e. The van der Waals surface area contributed by atoms with Crippen LogP contribution in [0.3, 0.4) is 0 Å². The maximum atomic E-state index is 9.87. The summed E-state index contributed by atoms with van der Waals surface area (Å²) in [6, 6.07) is 17.9. The topological polar surface area (TPSA) is 46.8 Å². The molecule has 4 nitrogen and oxygen atoms in total. The average molecular weight is 336 g/mol. The summed E-state index contributed by atoms with van der Waals surface area (Å²) in [6.07, 6.45) is 2.04. The molecule has 0 spiro atoms. The lowest BCUT2D eigenvalue weighted by molar-refractivity contribution is 0.276. The second-order valence-electron chi connectivity index (χ2n) is 5.41. The molecule has 1 N–H and O–H groups in total. The number of benzene rings is 2. The predicted octanol–water partition coefficient (Wildman–Crippen LogP) is 4.23. The van der Waals surface area contributed by atoms with Crippen molar-refractivity contribution in [3.05, 3.63) is 66.5 Å². The lowest BCUT2D eigenvalue weighted by atomic mass is 10.1. The smallest absolute Gasteiger partial charge is 0.195 e. The van der Waals surface area contributed by atoms with Gasteiger partial charge in [-0.2, -0.15) is 0 Å². The van der Waals surface area contributed by atoms with Crippen molar-refractivity contribution >= 4 is 16.3 Å². The van der Waals surface area contributed by atoms with Crippen molar-refractivity contribution in [2.24, 2.45) is 0 Å². The van der Waals surface area contributed by atoms with Crippen LogP contribution in [0.15, 0.2) is 60.8 Å². The van der Waals surface area contributed by atoms with E-state index in [0.717, 1.165) is 38.1 Å². The lowest BCUT2D eigenvalue weighted by Gasteiger charge is -2.03. The third-order valence-electron chi connectivity index (χ3n) is 4.00. The summed E-state index contributed by atoms with van der Waals surface area (Å²) >= 11 is 1.62. The average Bonchev–Trinajstić information content (AvgIpc) is 3.20. The molecule has 0 amide bonds. The van der Waals surface area contributed by atoms with Gasteiger partial charge in [0.1, 0.15) is 5.75 Å². The molecule has 2 aromatic carbocycles. The highest BCUT2D eigenvalue weighted by Gasteiger charge is 2.16. The van der Waals surface area contributed by atoms with E-state index in [1.807, 2.05) is 53.1 Å². The largest absolute Gasteiger partial charge is 0.497 e. The molecule has 4 aromatic rings. The van der Waals surface area contributed by atoms with Gasteiger partial charge in [0.05, 0.1) is 30.0 Å². The number of aliphatic hydroxyl groups is 1. The van der Waals surface area contributed by atoms with Crippen molar-refractivity contribution < 1.29 is 9.84 Å². The number of hydrogen-bond acceptors (Lipinski definition) is 4. The quantitative estimate of drug-likeness (QED) is 0.606. The first-order valence-corrected chi connectivity index (χ1v) is 8.43. The Balaban J connectivity index is 1.81. The minimum absolute atomic E-state index is 0.0620. The molecule has 24 heavy (non-hydrogen) atoms. The van der Waals surface area contributed by atoms with Crippen LogP contribution in [0.4, 0.5) is 0 Å². The fraction of sp³-hybridized carbons (Fsp3) is 0.105. The van der Waals surface area contributed by atoms with Crippen molar-refractivity contribution in [2.45, 2.75) is 6.61 Å². The Hall–Kier alpha value is -2.63. The number of methoxy groups -OCH3 is 1. The number of imidazole rings is 1. The van der Waals surface area contributed by atoms with E-state index in [0.29, 0.717) is 0 Å². The molecule has 2 heterocycles. The van der Waals surface area contributed by atoms with Crippen molar-refractivity contribution in [3.8, 4) is 27.4 Å². The normalized spacial score (nSPS) is 11.1. The zero-order valence-electron chi connectivity index (χ0n) is 13.1. The molecule has 0 aliphatic rings. The first kappa shape index (κ1) is 14.9. The number of hydrogen-bond donors (Lipinski definition) is 1.